The predicted molar refractivity (Wildman–Crippen MR) is 88.8 cm³/mol. The number of phenols is 1. The average Bonchev–Trinajstić information content (AvgIpc) is 2.53. The van der Waals surface area contributed by atoms with Crippen LogP contribution in [0.25, 0.3) is 0 Å². The fourth-order valence-corrected chi connectivity index (χ4v) is 4.34. The molecule has 0 fully saturated rings. The molecule has 7 nitrogen and oxygen atoms in total. The number of nitrogens with zero attached hydrogens (tertiary/aromatic N) is 2. The molecule has 8 heteroatoms. The molecule has 2 aromatic rings. The molecule has 24 heavy (non-hydrogen) atoms. The third-order valence-electron chi connectivity index (χ3n) is 4.06. The van der Waals surface area contributed by atoms with E-state index in [0.717, 1.165) is 11.6 Å². The number of nitro groups is 1. The lowest BCUT2D eigenvalue weighted by Gasteiger charge is -2.30. The summed E-state index contributed by atoms with van der Waals surface area (Å²) in [4.78, 5) is 10.5. The van der Waals surface area contributed by atoms with E-state index in [1.54, 1.807) is 12.1 Å². The number of benzene rings is 2. The molecule has 2 aromatic carbocycles. The SMILES string of the molecule is Cc1ccc(S(=O)(=O)N2CCCc3cc(O)c([N+](=O)[O-])cc32)cc1. The van der Waals surface area contributed by atoms with Gasteiger partial charge < -0.3 is 5.11 Å². The smallest absolute Gasteiger partial charge is 0.312 e. The van der Waals surface area contributed by atoms with Gasteiger partial charge in [-0.05, 0) is 43.5 Å². The van der Waals surface area contributed by atoms with Gasteiger partial charge in [-0.3, -0.25) is 14.4 Å². The molecule has 1 heterocycles. The zero-order valence-electron chi connectivity index (χ0n) is 13.0. The van der Waals surface area contributed by atoms with Crippen molar-refractivity contribution in [1.82, 2.24) is 0 Å². The van der Waals surface area contributed by atoms with Gasteiger partial charge in [0.1, 0.15) is 0 Å². The highest BCUT2D eigenvalue weighted by Crippen LogP contribution is 2.39. The second-order valence-corrected chi connectivity index (χ2v) is 7.58. The van der Waals surface area contributed by atoms with Gasteiger partial charge in [0, 0.05) is 12.6 Å². The molecule has 0 saturated heterocycles. The number of rotatable bonds is 3. The van der Waals surface area contributed by atoms with Crippen LogP contribution in [0, 0.1) is 17.0 Å². The van der Waals surface area contributed by atoms with Crippen LogP contribution >= 0.6 is 0 Å². The van der Waals surface area contributed by atoms with E-state index in [1.807, 2.05) is 6.92 Å². The first-order valence-corrected chi connectivity index (χ1v) is 8.84. The van der Waals surface area contributed by atoms with Gasteiger partial charge in [-0.25, -0.2) is 8.42 Å². The van der Waals surface area contributed by atoms with Crippen molar-refractivity contribution in [2.24, 2.45) is 0 Å². The topological polar surface area (TPSA) is 101 Å². The Kier molecular flexibility index (Phi) is 3.92. The van der Waals surface area contributed by atoms with Gasteiger partial charge in [-0.1, -0.05) is 17.7 Å². The molecule has 126 valence electrons. The van der Waals surface area contributed by atoms with E-state index in [4.69, 9.17) is 0 Å². The van der Waals surface area contributed by atoms with Crippen molar-refractivity contribution in [1.29, 1.82) is 0 Å². The molecule has 0 bridgehead atoms. The average molecular weight is 348 g/mol. The van der Waals surface area contributed by atoms with Gasteiger partial charge in [-0.15, -0.1) is 0 Å². The Hall–Kier alpha value is -2.61. The monoisotopic (exact) mass is 348 g/mol. The number of hydrogen-bond donors (Lipinski definition) is 1. The zero-order valence-corrected chi connectivity index (χ0v) is 13.8. The number of hydrogen-bond acceptors (Lipinski definition) is 5. The summed E-state index contributed by atoms with van der Waals surface area (Å²) in [5.74, 6) is -0.451. The lowest BCUT2D eigenvalue weighted by Crippen LogP contribution is -2.35. The summed E-state index contributed by atoms with van der Waals surface area (Å²) in [6, 6.07) is 8.87. The summed E-state index contributed by atoms with van der Waals surface area (Å²) in [6.45, 7) is 2.10. The Morgan fingerprint density at radius 2 is 1.88 bits per heavy atom. The van der Waals surface area contributed by atoms with Gasteiger partial charge in [0.05, 0.1) is 15.5 Å². The van der Waals surface area contributed by atoms with E-state index in [9.17, 15) is 23.6 Å². The zero-order chi connectivity index (χ0) is 17.5. The number of aromatic hydroxyl groups is 1. The Morgan fingerprint density at radius 1 is 1.21 bits per heavy atom. The molecule has 0 aromatic heterocycles. The number of fused-ring (bicyclic) bond motifs is 1. The number of anilines is 1. The predicted octanol–water partition coefficient (Wildman–Crippen LogP) is 2.75. The van der Waals surface area contributed by atoms with Gasteiger partial charge in [0.2, 0.25) is 0 Å². The number of phenolic OH excluding ortho intramolecular Hbond substituents is 1. The summed E-state index contributed by atoms with van der Waals surface area (Å²) in [5.41, 5.74) is 1.28. The summed E-state index contributed by atoms with van der Waals surface area (Å²) in [5, 5.41) is 20.8. The van der Waals surface area contributed by atoms with E-state index in [1.165, 1.54) is 22.5 Å². The fourth-order valence-electron chi connectivity index (χ4n) is 2.81. The van der Waals surface area contributed by atoms with Gasteiger partial charge in [-0.2, -0.15) is 0 Å². The van der Waals surface area contributed by atoms with Crippen molar-refractivity contribution in [3.63, 3.8) is 0 Å². The standard InChI is InChI=1S/C16H16N2O5S/c1-11-4-6-13(7-5-11)24(22,23)17-8-2-3-12-9-16(19)15(18(20)21)10-14(12)17/h4-7,9-10,19H,2-3,8H2,1H3. The van der Waals surface area contributed by atoms with Crippen molar-refractivity contribution >= 4 is 21.4 Å². The molecule has 0 unspecified atom stereocenters. The maximum Gasteiger partial charge on any atom is 0.312 e. The van der Waals surface area contributed by atoms with Crippen LogP contribution in [0.5, 0.6) is 5.75 Å². The molecule has 0 amide bonds. The molecule has 0 atom stereocenters. The second kappa shape index (κ2) is 5.79. The molecule has 0 radical (unpaired) electrons. The summed E-state index contributed by atoms with van der Waals surface area (Å²) in [7, 11) is -3.82. The highest BCUT2D eigenvalue weighted by atomic mass is 32.2. The second-order valence-electron chi connectivity index (χ2n) is 5.72. The number of sulfonamides is 1. The van der Waals surface area contributed by atoms with Crippen molar-refractivity contribution in [2.75, 3.05) is 10.8 Å². The highest BCUT2D eigenvalue weighted by molar-refractivity contribution is 7.92. The van der Waals surface area contributed by atoms with E-state index in [2.05, 4.69) is 0 Å². The molecule has 1 aliphatic heterocycles. The third-order valence-corrected chi connectivity index (χ3v) is 5.88. The van der Waals surface area contributed by atoms with Crippen LogP contribution in [0.15, 0.2) is 41.3 Å². The third kappa shape index (κ3) is 2.69. The minimum absolute atomic E-state index is 0.136. The van der Waals surface area contributed by atoms with Crippen molar-refractivity contribution in [3.8, 4) is 5.75 Å². The summed E-state index contributed by atoms with van der Waals surface area (Å²) < 4.78 is 27.0. The van der Waals surface area contributed by atoms with Crippen LogP contribution in [0.3, 0.4) is 0 Å². The maximum absolute atomic E-state index is 12.9. The fraction of sp³-hybridized carbons (Fsp3) is 0.250. The van der Waals surface area contributed by atoms with E-state index < -0.39 is 26.4 Å². The van der Waals surface area contributed by atoms with Crippen LogP contribution in [0.1, 0.15) is 17.5 Å². The van der Waals surface area contributed by atoms with Crippen LogP contribution in [0.2, 0.25) is 0 Å². The van der Waals surface area contributed by atoms with Crippen molar-refractivity contribution in [2.45, 2.75) is 24.7 Å². The Labute approximate surface area is 139 Å². The van der Waals surface area contributed by atoms with Gasteiger partial charge >= 0.3 is 5.69 Å². The molecular formula is C16H16N2O5S. The van der Waals surface area contributed by atoms with Crippen LogP contribution < -0.4 is 4.31 Å². The Morgan fingerprint density at radius 3 is 2.50 bits per heavy atom. The van der Waals surface area contributed by atoms with Crippen LogP contribution in [-0.2, 0) is 16.4 Å². The van der Waals surface area contributed by atoms with Crippen molar-refractivity contribution in [3.05, 3.63) is 57.6 Å². The molecule has 1 aliphatic rings. The molecule has 1 N–H and O–H groups in total. The van der Waals surface area contributed by atoms with Gasteiger partial charge in [0.15, 0.2) is 5.75 Å². The van der Waals surface area contributed by atoms with Crippen LogP contribution in [-0.4, -0.2) is 25.0 Å². The maximum atomic E-state index is 12.9. The summed E-state index contributed by atoms with van der Waals surface area (Å²) in [6.07, 6.45) is 1.14. The van der Waals surface area contributed by atoms with Crippen LogP contribution in [0.4, 0.5) is 11.4 Å². The normalized spacial score (nSPS) is 14.3. The number of aryl methyl sites for hydroxylation is 2. The molecule has 0 spiro atoms. The highest BCUT2D eigenvalue weighted by Gasteiger charge is 2.31. The molecular weight excluding hydrogens is 332 g/mol. The Balaban J connectivity index is 2.13. The summed E-state index contributed by atoms with van der Waals surface area (Å²) >= 11 is 0. The van der Waals surface area contributed by atoms with Crippen molar-refractivity contribution < 1.29 is 18.4 Å². The Bertz CT molecular complexity index is 907. The van der Waals surface area contributed by atoms with E-state index in [-0.39, 0.29) is 17.1 Å². The van der Waals surface area contributed by atoms with E-state index in [0.29, 0.717) is 18.4 Å². The first kappa shape index (κ1) is 16.3. The first-order valence-electron chi connectivity index (χ1n) is 7.40. The lowest BCUT2D eigenvalue weighted by atomic mass is 10.0. The van der Waals surface area contributed by atoms with Gasteiger partial charge in [0.25, 0.3) is 10.0 Å². The molecule has 3 rings (SSSR count). The van der Waals surface area contributed by atoms with E-state index >= 15 is 0 Å². The number of nitro benzene ring substituents is 1. The minimum Gasteiger partial charge on any atom is -0.502 e. The molecule has 0 aliphatic carbocycles. The lowest BCUT2D eigenvalue weighted by molar-refractivity contribution is -0.385. The largest absolute Gasteiger partial charge is 0.502 e. The minimum atomic E-state index is -3.82. The quantitative estimate of drug-likeness (QED) is 0.679. The first-order chi connectivity index (χ1) is 11.3. The molecule has 0 saturated carbocycles.